The van der Waals surface area contributed by atoms with Crippen LogP contribution in [-0.4, -0.2) is 10.1 Å². The molecule has 20 heavy (non-hydrogen) atoms. The van der Waals surface area contributed by atoms with Crippen molar-refractivity contribution < 1.29 is 4.52 Å². The molecule has 2 bridgehead atoms. The molecule has 4 rings (SSSR count). The minimum absolute atomic E-state index is 0.391. The van der Waals surface area contributed by atoms with E-state index in [0.29, 0.717) is 5.88 Å². The fourth-order valence-electron chi connectivity index (χ4n) is 4.14. The van der Waals surface area contributed by atoms with Gasteiger partial charge in [0.15, 0.2) is 0 Å². The van der Waals surface area contributed by atoms with E-state index in [9.17, 15) is 0 Å². The SMILES string of the molecule is Nc1onc(CC2CC3CCC2C3)c1-c1ccccn1. The summed E-state index contributed by atoms with van der Waals surface area (Å²) >= 11 is 0. The summed E-state index contributed by atoms with van der Waals surface area (Å²) in [5, 5.41) is 4.20. The lowest BCUT2D eigenvalue weighted by atomic mass is 9.85. The zero-order valence-electron chi connectivity index (χ0n) is 11.5. The molecule has 2 saturated carbocycles. The predicted molar refractivity (Wildman–Crippen MR) is 76.8 cm³/mol. The van der Waals surface area contributed by atoms with Crippen molar-refractivity contribution in [2.24, 2.45) is 17.8 Å². The van der Waals surface area contributed by atoms with Crippen LogP contribution >= 0.6 is 0 Å². The van der Waals surface area contributed by atoms with Gasteiger partial charge in [0.25, 0.3) is 0 Å². The fraction of sp³-hybridized carbons (Fsp3) is 0.500. The first-order valence-corrected chi connectivity index (χ1v) is 7.46. The van der Waals surface area contributed by atoms with Gasteiger partial charge in [0.1, 0.15) is 0 Å². The second-order valence-corrected chi connectivity index (χ2v) is 6.22. The summed E-state index contributed by atoms with van der Waals surface area (Å²) in [6, 6.07) is 5.84. The Morgan fingerprint density at radius 3 is 2.90 bits per heavy atom. The molecule has 2 heterocycles. The van der Waals surface area contributed by atoms with Gasteiger partial charge in [-0.25, -0.2) is 0 Å². The molecular weight excluding hydrogens is 250 g/mol. The van der Waals surface area contributed by atoms with Crippen molar-refractivity contribution >= 4 is 5.88 Å². The van der Waals surface area contributed by atoms with E-state index in [1.165, 1.54) is 25.7 Å². The number of hydrogen-bond acceptors (Lipinski definition) is 4. The van der Waals surface area contributed by atoms with Crippen molar-refractivity contribution in [3.05, 3.63) is 30.1 Å². The maximum Gasteiger partial charge on any atom is 0.231 e. The highest BCUT2D eigenvalue weighted by molar-refractivity contribution is 5.72. The van der Waals surface area contributed by atoms with Crippen LogP contribution in [0.15, 0.2) is 28.9 Å². The standard InChI is InChI=1S/C16H19N3O/c17-16-15(13-3-1-2-6-18-13)14(19-20-16)9-12-8-10-4-5-11(12)7-10/h1-3,6,10-12H,4-5,7-9,17H2. The summed E-state index contributed by atoms with van der Waals surface area (Å²) in [5.74, 6) is 2.98. The van der Waals surface area contributed by atoms with Crippen LogP contribution in [-0.2, 0) is 6.42 Å². The molecule has 0 radical (unpaired) electrons. The van der Waals surface area contributed by atoms with E-state index in [1.54, 1.807) is 6.20 Å². The number of nitrogens with two attached hydrogens (primary N) is 1. The first-order valence-electron chi connectivity index (χ1n) is 7.46. The maximum atomic E-state index is 5.95. The van der Waals surface area contributed by atoms with Crippen molar-refractivity contribution in [3.8, 4) is 11.3 Å². The highest BCUT2D eigenvalue weighted by Crippen LogP contribution is 2.49. The van der Waals surface area contributed by atoms with E-state index in [-0.39, 0.29) is 0 Å². The van der Waals surface area contributed by atoms with Gasteiger partial charge in [0.05, 0.1) is 17.0 Å². The van der Waals surface area contributed by atoms with Crippen LogP contribution in [0.25, 0.3) is 11.3 Å². The molecule has 0 amide bonds. The second kappa shape index (κ2) is 4.62. The molecule has 3 unspecified atom stereocenters. The fourth-order valence-corrected chi connectivity index (χ4v) is 4.14. The average molecular weight is 269 g/mol. The monoisotopic (exact) mass is 269 g/mol. The molecule has 104 valence electrons. The minimum atomic E-state index is 0.391. The quantitative estimate of drug-likeness (QED) is 0.928. The molecule has 4 nitrogen and oxygen atoms in total. The average Bonchev–Trinajstić information content (AvgIpc) is 3.16. The molecule has 0 saturated heterocycles. The summed E-state index contributed by atoms with van der Waals surface area (Å²) in [5.41, 5.74) is 8.70. The van der Waals surface area contributed by atoms with E-state index in [2.05, 4.69) is 10.1 Å². The van der Waals surface area contributed by atoms with Gasteiger partial charge in [-0.1, -0.05) is 17.6 Å². The van der Waals surface area contributed by atoms with Crippen molar-refractivity contribution in [2.45, 2.75) is 32.1 Å². The summed E-state index contributed by atoms with van der Waals surface area (Å²) in [6.07, 6.45) is 8.34. The lowest BCUT2D eigenvalue weighted by Crippen LogP contribution is -2.13. The molecule has 2 fully saturated rings. The van der Waals surface area contributed by atoms with Gasteiger partial charge < -0.3 is 10.3 Å². The third kappa shape index (κ3) is 1.90. The van der Waals surface area contributed by atoms with Gasteiger partial charge in [-0.05, 0) is 55.6 Å². The third-order valence-corrected chi connectivity index (χ3v) is 5.05. The number of anilines is 1. The Morgan fingerprint density at radius 1 is 1.25 bits per heavy atom. The zero-order valence-corrected chi connectivity index (χ0v) is 11.5. The third-order valence-electron chi connectivity index (χ3n) is 5.05. The van der Waals surface area contributed by atoms with Crippen LogP contribution in [0.3, 0.4) is 0 Å². The minimum Gasteiger partial charge on any atom is -0.367 e. The van der Waals surface area contributed by atoms with Crippen molar-refractivity contribution in [3.63, 3.8) is 0 Å². The van der Waals surface area contributed by atoms with Crippen LogP contribution in [0.1, 0.15) is 31.4 Å². The summed E-state index contributed by atoms with van der Waals surface area (Å²) in [6.45, 7) is 0. The smallest absolute Gasteiger partial charge is 0.231 e. The first kappa shape index (κ1) is 11.9. The number of fused-ring (bicyclic) bond motifs is 2. The van der Waals surface area contributed by atoms with Crippen molar-refractivity contribution in [1.82, 2.24) is 10.1 Å². The highest BCUT2D eigenvalue weighted by Gasteiger charge is 2.40. The Bertz CT molecular complexity index is 607. The molecule has 2 aliphatic carbocycles. The normalized spacial score (nSPS) is 28.1. The number of nitrogen functional groups attached to an aromatic ring is 1. The van der Waals surface area contributed by atoms with Crippen LogP contribution < -0.4 is 5.73 Å². The van der Waals surface area contributed by atoms with Gasteiger partial charge in [-0.3, -0.25) is 4.98 Å². The van der Waals surface area contributed by atoms with E-state index in [0.717, 1.165) is 41.1 Å². The number of hydrogen-bond donors (Lipinski definition) is 1. The topological polar surface area (TPSA) is 64.9 Å². The number of aromatic nitrogens is 2. The van der Waals surface area contributed by atoms with Crippen LogP contribution in [0.2, 0.25) is 0 Å². The molecule has 0 spiro atoms. The lowest BCUT2D eigenvalue weighted by molar-refractivity contribution is 0.322. The first-order chi connectivity index (χ1) is 9.81. The molecule has 3 atom stereocenters. The van der Waals surface area contributed by atoms with Gasteiger partial charge in [0, 0.05) is 6.20 Å². The predicted octanol–water partition coefficient (Wildman–Crippen LogP) is 3.30. The Balaban J connectivity index is 1.63. The van der Waals surface area contributed by atoms with E-state index < -0.39 is 0 Å². The largest absolute Gasteiger partial charge is 0.367 e. The molecule has 0 aliphatic heterocycles. The van der Waals surface area contributed by atoms with Crippen LogP contribution in [0, 0.1) is 17.8 Å². The Kier molecular flexibility index (Phi) is 2.76. The second-order valence-electron chi connectivity index (χ2n) is 6.22. The molecule has 2 aromatic heterocycles. The Morgan fingerprint density at radius 2 is 2.20 bits per heavy atom. The van der Waals surface area contributed by atoms with Crippen LogP contribution in [0.4, 0.5) is 5.88 Å². The van der Waals surface area contributed by atoms with Gasteiger partial charge in [-0.15, -0.1) is 0 Å². The molecule has 2 aromatic rings. The van der Waals surface area contributed by atoms with E-state index in [1.807, 2.05) is 18.2 Å². The highest BCUT2D eigenvalue weighted by atomic mass is 16.5. The number of pyridine rings is 1. The molecule has 4 heteroatoms. The lowest BCUT2D eigenvalue weighted by Gasteiger charge is -2.20. The number of rotatable bonds is 3. The summed E-state index contributed by atoms with van der Waals surface area (Å²) in [4.78, 5) is 4.39. The van der Waals surface area contributed by atoms with E-state index in [4.69, 9.17) is 10.3 Å². The van der Waals surface area contributed by atoms with Gasteiger partial charge in [-0.2, -0.15) is 0 Å². The Hall–Kier alpha value is -1.84. The Labute approximate surface area is 118 Å². The van der Waals surface area contributed by atoms with Gasteiger partial charge in [0.2, 0.25) is 5.88 Å². The number of nitrogens with zero attached hydrogens (tertiary/aromatic N) is 2. The molecule has 0 aromatic carbocycles. The van der Waals surface area contributed by atoms with Crippen molar-refractivity contribution in [1.29, 1.82) is 0 Å². The zero-order chi connectivity index (χ0) is 13.5. The van der Waals surface area contributed by atoms with Crippen molar-refractivity contribution in [2.75, 3.05) is 5.73 Å². The van der Waals surface area contributed by atoms with Crippen LogP contribution in [0.5, 0.6) is 0 Å². The molecule has 2 N–H and O–H groups in total. The molecular formula is C16H19N3O. The summed E-state index contributed by atoms with van der Waals surface area (Å²) < 4.78 is 5.23. The maximum absolute atomic E-state index is 5.95. The van der Waals surface area contributed by atoms with Gasteiger partial charge >= 0.3 is 0 Å². The summed E-state index contributed by atoms with van der Waals surface area (Å²) in [7, 11) is 0. The molecule has 2 aliphatic rings. The van der Waals surface area contributed by atoms with E-state index >= 15 is 0 Å².